The summed E-state index contributed by atoms with van der Waals surface area (Å²) in [6.45, 7) is 9.48. The Labute approximate surface area is 139 Å². The lowest BCUT2D eigenvalue weighted by atomic mass is 9.76. The molecule has 0 heterocycles. The van der Waals surface area contributed by atoms with Crippen molar-refractivity contribution < 1.29 is 0 Å². The van der Waals surface area contributed by atoms with E-state index >= 15 is 0 Å². The molecule has 0 radical (unpaired) electrons. The lowest BCUT2D eigenvalue weighted by Crippen LogP contribution is -2.31. The summed E-state index contributed by atoms with van der Waals surface area (Å²) in [6, 6.07) is 9.64. The first kappa shape index (κ1) is 17.0. The quantitative estimate of drug-likeness (QED) is 0.649. The van der Waals surface area contributed by atoms with Crippen LogP contribution in [0, 0.1) is 11.3 Å². The zero-order valence-electron chi connectivity index (χ0n) is 14.0. The fourth-order valence-corrected chi connectivity index (χ4v) is 4.23. The second kappa shape index (κ2) is 7.28. The molecule has 1 nitrogen and oxygen atoms in total. The van der Waals surface area contributed by atoms with Crippen LogP contribution in [0.2, 0.25) is 0 Å². The molecule has 1 aromatic rings. The number of benzene rings is 1. The summed E-state index contributed by atoms with van der Waals surface area (Å²) < 4.78 is 1.21. The molecule has 1 saturated carbocycles. The van der Waals surface area contributed by atoms with Crippen LogP contribution in [0.3, 0.4) is 0 Å². The van der Waals surface area contributed by atoms with Gasteiger partial charge in [-0.05, 0) is 55.6 Å². The molecule has 3 atom stereocenters. The van der Waals surface area contributed by atoms with Gasteiger partial charge in [0.15, 0.2) is 0 Å². The third-order valence-corrected chi connectivity index (χ3v) is 5.77. The summed E-state index contributed by atoms with van der Waals surface area (Å²) in [6.07, 6.45) is 6.76. The fourth-order valence-electron chi connectivity index (χ4n) is 3.60. The first-order valence-corrected chi connectivity index (χ1v) is 9.17. The maximum absolute atomic E-state index is 3.86. The van der Waals surface area contributed by atoms with Crippen LogP contribution >= 0.6 is 15.9 Å². The van der Waals surface area contributed by atoms with Crippen LogP contribution in [0.25, 0.3) is 0 Å². The van der Waals surface area contributed by atoms with Gasteiger partial charge in [-0.25, -0.2) is 0 Å². The van der Waals surface area contributed by atoms with Crippen LogP contribution in [-0.2, 0) is 0 Å². The van der Waals surface area contributed by atoms with Crippen molar-refractivity contribution in [2.24, 2.45) is 11.3 Å². The number of hydrogen-bond acceptors (Lipinski definition) is 1. The Morgan fingerprint density at radius 1 is 1.10 bits per heavy atom. The summed E-state index contributed by atoms with van der Waals surface area (Å²) in [5.41, 5.74) is 1.83. The summed E-state index contributed by atoms with van der Waals surface area (Å²) in [5, 5.41) is 3.86. The van der Waals surface area contributed by atoms with Crippen LogP contribution in [0.15, 0.2) is 28.7 Å². The summed E-state index contributed by atoms with van der Waals surface area (Å²) in [4.78, 5) is 0. The molecule has 1 aromatic carbocycles. The molecule has 1 aliphatic carbocycles. The third-order valence-electron chi connectivity index (χ3n) is 5.05. The van der Waals surface area contributed by atoms with Crippen molar-refractivity contribution in [3.05, 3.63) is 34.3 Å². The highest BCUT2D eigenvalue weighted by Crippen LogP contribution is 2.37. The van der Waals surface area contributed by atoms with E-state index in [4.69, 9.17) is 0 Å². The molecule has 118 valence electrons. The Kier molecular flexibility index (Phi) is 5.90. The van der Waals surface area contributed by atoms with Crippen LogP contribution < -0.4 is 5.32 Å². The molecule has 0 amide bonds. The SMILES string of the molecule is CC(NC1CCCC(C(C)(C)C)CC1)c1ccccc1Br. The van der Waals surface area contributed by atoms with Crippen LogP contribution in [0.4, 0.5) is 0 Å². The lowest BCUT2D eigenvalue weighted by Gasteiger charge is -2.30. The van der Waals surface area contributed by atoms with E-state index in [1.807, 2.05) is 0 Å². The van der Waals surface area contributed by atoms with Gasteiger partial charge in [-0.3, -0.25) is 0 Å². The zero-order chi connectivity index (χ0) is 15.5. The van der Waals surface area contributed by atoms with E-state index in [-0.39, 0.29) is 0 Å². The molecule has 2 heteroatoms. The summed E-state index contributed by atoms with van der Waals surface area (Å²) in [7, 11) is 0. The lowest BCUT2D eigenvalue weighted by molar-refractivity contribution is 0.213. The average Bonchev–Trinajstić information content (AvgIpc) is 2.64. The van der Waals surface area contributed by atoms with Gasteiger partial charge in [0.1, 0.15) is 0 Å². The predicted molar refractivity (Wildman–Crippen MR) is 95.5 cm³/mol. The molecule has 21 heavy (non-hydrogen) atoms. The average molecular weight is 352 g/mol. The first-order valence-electron chi connectivity index (χ1n) is 8.38. The molecule has 3 unspecified atom stereocenters. The number of halogens is 1. The number of hydrogen-bond donors (Lipinski definition) is 1. The smallest absolute Gasteiger partial charge is 0.0305 e. The third kappa shape index (κ3) is 4.82. The minimum Gasteiger partial charge on any atom is -0.307 e. The molecule has 0 aliphatic heterocycles. The topological polar surface area (TPSA) is 12.0 Å². The van der Waals surface area contributed by atoms with Crippen molar-refractivity contribution in [2.75, 3.05) is 0 Å². The highest BCUT2D eigenvalue weighted by atomic mass is 79.9. The van der Waals surface area contributed by atoms with Gasteiger partial charge in [0.05, 0.1) is 0 Å². The predicted octanol–water partition coefficient (Wildman–Crippen LogP) is 6.09. The normalized spacial score (nSPS) is 25.4. The molecule has 0 spiro atoms. The second-order valence-electron chi connectivity index (χ2n) is 7.68. The van der Waals surface area contributed by atoms with E-state index in [2.05, 4.69) is 73.2 Å². The molecule has 0 bridgehead atoms. The van der Waals surface area contributed by atoms with Gasteiger partial charge in [-0.1, -0.05) is 61.3 Å². The Balaban J connectivity index is 1.93. The van der Waals surface area contributed by atoms with Gasteiger partial charge in [-0.2, -0.15) is 0 Å². The van der Waals surface area contributed by atoms with Crippen molar-refractivity contribution in [2.45, 2.75) is 71.9 Å². The minimum absolute atomic E-state index is 0.414. The van der Waals surface area contributed by atoms with Crippen molar-refractivity contribution in [1.82, 2.24) is 5.32 Å². The molecular formula is C19H30BrN. The van der Waals surface area contributed by atoms with E-state index in [0.717, 1.165) is 5.92 Å². The van der Waals surface area contributed by atoms with Crippen LogP contribution in [-0.4, -0.2) is 6.04 Å². The zero-order valence-corrected chi connectivity index (χ0v) is 15.5. The van der Waals surface area contributed by atoms with Gasteiger partial charge in [0, 0.05) is 16.6 Å². The highest BCUT2D eigenvalue weighted by Gasteiger charge is 2.28. The standard InChI is InChI=1S/C19H30BrN/c1-14(17-10-5-6-11-18(17)20)21-16-9-7-8-15(12-13-16)19(2,3)4/h5-6,10-11,14-16,21H,7-9,12-13H2,1-4H3. The molecule has 1 fully saturated rings. The molecular weight excluding hydrogens is 322 g/mol. The van der Waals surface area contributed by atoms with Gasteiger partial charge < -0.3 is 5.32 Å². The van der Waals surface area contributed by atoms with E-state index in [0.29, 0.717) is 17.5 Å². The molecule has 0 aromatic heterocycles. The summed E-state index contributed by atoms with van der Waals surface area (Å²) in [5.74, 6) is 0.878. The van der Waals surface area contributed by atoms with Gasteiger partial charge in [-0.15, -0.1) is 0 Å². The van der Waals surface area contributed by atoms with Crippen molar-refractivity contribution >= 4 is 15.9 Å². The Hall–Kier alpha value is -0.340. The van der Waals surface area contributed by atoms with Crippen molar-refractivity contribution in [1.29, 1.82) is 0 Å². The molecule has 1 aliphatic rings. The first-order chi connectivity index (χ1) is 9.88. The summed E-state index contributed by atoms with van der Waals surface area (Å²) >= 11 is 3.67. The Bertz CT molecular complexity index is 449. The number of rotatable bonds is 3. The molecule has 2 rings (SSSR count). The monoisotopic (exact) mass is 351 g/mol. The Morgan fingerprint density at radius 2 is 1.81 bits per heavy atom. The minimum atomic E-state index is 0.414. The Morgan fingerprint density at radius 3 is 2.48 bits per heavy atom. The van der Waals surface area contributed by atoms with Gasteiger partial charge in [0.2, 0.25) is 0 Å². The number of nitrogens with one attached hydrogen (secondary N) is 1. The van der Waals surface area contributed by atoms with E-state index < -0.39 is 0 Å². The largest absolute Gasteiger partial charge is 0.307 e. The van der Waals surface area contributed by atoms with E-state index in [1.54, 1.807) is 0 Å². The molecule has 0 saturated heterocycles. The maximum Gasteiger partial charge on any atom is 0.0305 e. The molecule has 1 N–H and O–H groups in total. The van der Waals surface area contributed by atoms with Gasteiger partial charge in [0.25, 0.3) is 0 Å². The highest BCUT2D eigenvalue weighted by molar-refractivity contribution is 9.10. The maximum atomic E-state index is 3.86. The van der Waals surface area contributed by atoms with E-state index in [1.165, 1.54) is 42.1 Å². The van der Waals surface area contributed by atoms with Crippen molar-refractivity contribution in [3.8, 4) is 0 Å². The van der Waals surface area contributed by atoms with E-state index in [9.17, 15) is 0 Å². The van der Waals surface area contributed by atoms with Crippen molar-refractivity contribution in [3.63, 3.8) is 0 Å². The van der Waals surface area contributed by atoms with Crippen LogP contribution in [0.1, 0.15) is 71.4 Å². The second-order valence-corrected chi connectivity index (χ2v) is 8.53. The van der Waals surface area contributed by atoms with Gasteiger partial charge >= 0.3 is 0 Å². The van der Waals surface area contributed by atoms with Crippen LogP contribution in [0.5, 0.6) is 0 Å². The fraction of sp³-hybridized carbons (Fsp3) is 0.684.